The van der Waals surface area contributed by atoms with Gasteiger partial charge in [0.05, 0.1) is 18.7 Å². The van der Waals surface area contributed by atoms with E-state index in [0.717, 1.165) is 5.56 Å². The van der Waals surface area contributed by atoms with Crippen LogP contribution in [-0.2, 0) is 20.7 Å². The number of thiophene rings is 1. The van der Waals surface area contributed by atoms with Gasteiger partial charge in [0.15, 0.2) is 6.61 Å². The molecule has 0 bridgehead atoms. The first-order valence-electron chi connectivity index (χ1n) is 8.68. The molecule has 28 heavy (non-hydrogen) atoms. The number of ether oxygens (including phenoxy) is 2. The zero-order valence-electron chi connectivity index (χ0n) is 15.2. The first kappa shape index (κ1) is 19.6. The Morgan fingerprint density at radius 1 is 1.25 bits per heavy atom. The van der Waals surface area contributed by atoms with Gasteiger partial charge in [0.2, 0.25) is 11.7 Å². The second kappa shape index (κ2) is 9.65. The predicted molar refractivity (Wildman–Crippen MR) is 103 cm³/mol. The van der Waals surface area contributed by atoms with Crippen LogP contribution in [0.25, 0.3) is 11.4 Å². The lowest BCUT2D eigenvalue weighted by Gasteiger charge is -2.11. The minimum Gasteiger partial charge on any atom is -0.492 e. The number of aryl methyl sites for hydroxylation is 1. The number of carbonyl (C=O) groups is 2. The Morgan fingerprint density at radius 3 is 2.89 bits per heavy atom. The molecular formula is C19H19N3O5S. The summed E-state index contributed by atoms with van der Waals surface area (Å²) < 4.78 is 15.6. The molecule has 0 aliphatic rings. The van der Waals surface area contributed by atoms with Crippen LogP contribution in [0.1, 0.15) is 19.2 Å². The maximum Gasteiger partial charge on any atom is 0.306 e. The van der Waals surface area contributed by atoms with Gasteiger partial charge in [0.25, 0.3) is 5.91 Å². The second-order valence-corrected chi connectivity index (χ2v) is 6.44. The second-order valence-electron chi connectivity index (χ2n) is 5.66. The van der Waals surface area contributed by atoms with Gasteiger partial charge in [0, 0.05) is 17.4 Å². The van der Waals surface area contributed by atoms with Gasteiger partial charge in [0.1, 0.15) is 5.75 Å². The third-order valence-electron chi connectivity index (χ3n) is 3.62. The number of nitrogens with one attached hydrogen (secondary N) is 1. The SMILES string of the molecule is CCOc1ccccc1NC(=O)COC(=O)CCc1nc(-c2ccsc2)no1. The third-order valence-corrected chi connectivity index (χ3v) is 4.30. The molecule has 0 saturated heterocycles. The lowest BCUT2D eigenvalue weighted by molar-refractivity contribution is -0.147. The molecule has 2 heterocycles. The van der Waals surface area contributed by atoms with Crippen LogP contribution < -0.4 is 10.1 Å². The van der Waals surface area contributed by atoms with Crippen LogP contribution in [0.4, 0.5) is 5.69 Å². The largest absolute Gasteiger partial charge is 0.492 e. The van der Waals surface area contributed by atoms with Crippen LogP contribution in [0.5, 0.6) is 5.75 Å². The van der Waals surface area contributed by atoms with Crippen molar-refractivity contribution in [2.24, 2.45) is 0 Å². The van der Waals surface area contributed by atoms with Gasteiger partial charge in [-0.25, -0.2) is 0 Å². The van der Waals surface area contributed by atoms with Crippen LogP contribution >= 0.6 is 11.3 Å². The van der Waals surface area contributed by atoms with E-state index in [1.807, 2.05) is 29.8 Å². The zero-order chi connectivity index (χ0) is 19.8. The topological polar surface area (TPSA) is 104 Å². The number of amides is 1. The number of anilines is 1. The fraction of sp³-hybridized carbons (Fsp3) is 0.263. The lowest BCUT2D eigenvalue weighted by atomic mass is 10.3. The van der Waals surface area contributed by atoms with Gasteiger partial charge in [-0.15, -0.1) is 0 Å². The molecule has 8 nitrogen and oxygen atoms in total. The van der Waals surface area contributed by atoms with E-state index in [4.69, 9.17) is 14.0 Å². The summed E-state index contributed by atoms with van der Waals surface area (Å²) in [6.45, 7) is 1.95. The molecule has 1 aromatic carbocycles. The number of benzene rings is 1. The molecule has 0 saturated carbocycles. The number of para-hydroxylation sites is 2. The maximum absolute atomic E-state index is 12.0. The van der Waals surface area contributed by atoms with E-state index in [2.05, 4.69) is 15.5 Å². The quantitative estimate of drug-likeness (QED) is 0.549. The smallest absolute Gasteiger partial charge is 0.306 e. The van der Waals surface area contributed by atoms with Crippen molar-refractivity contribution in [1.29, 1.82) is 0 Å². The third kappa shape index (κ3) is 5.40. The van der Waals surface area contributed by atoms with E-state index in [-0.39, 0.29) is 19.4 Å². The average Bonchev–Trinajstić information content (AvgIpc) is 3.38. The van der Waals surface area contributed by atoms with Gasteiger partial charge in [-0.05, 0) is 30.5 Å². The zero-order valence-corrected chi connectivity index (χ0v) is 16.0. The number of rotatable bonds is 9. The normalized spacial score (nSPS) is 10.5. The van der Waals surface area contributed by atoms with Crippen molar-refractivity contribution in [2.75, 3.05) is 18.5 Å². The van der Waals surface area contributed by atoms with Crippen molar-refractivity contribution < 1.29 is 23.6 Å². The number of nitrogens with zero attached hydrogens (tertiary/aromatic N) is 2. The molecule has 2 aromatic heterocycles. The van der Waals surface area contributed by atoms with E-state index in [1.165, 1.54) is 11.3 Å². The molecular weight excluding hydrogens is 382 g/mol. The van der Waals surface area contributed by atoms with Gasteiger partial charge in [-0.1, -0.05) is 17.3 Å². The predicted octanol–water partition coefficient (Wildman–Crippen LogP) is 3.31. The number of esters is 1. The first-order valence-corrected chi connectivity index (χ1v) is 9.62. The Bertz CT molecular complexity index is 923. The molecule has 0 unspecified atom stereocenters. The summed E-state index contributed by atoms with van der Waals surface area (Å²) in [5, 5.41) is 10.4. The monoisotopic (exact) mass is 401 g/mol. The standard InChI is InChI=1S/C19H19N3O5S/c1-2-25-15-6-4-3-5-14(15)20-16(23)11-26-18(24)8-7-17-21-19(22-27-17)13-9-10-28-12-13/h3-6,9-10,12H,2,7-8,11H2,1H3,(H,20,23). The van der Waals surface area contributed by atoms with E-state index in [1.54, 1.807) is 18.2 Å². The highest BCUT2D eigenvalue weighted by Crippen LogP contribution is 2.23. The minimum absolute atomic E-state index is 0.0358. The summed E-state index contributed by atoms with van der Waals surface area (Å²) in [5.41, 5.74) is 1.39. The van der Waals surface area contributed by atoms with E-state index in [9.17, 15) is 9.59 Å². The summed E-state index contributed by atoms with van der Waals surface area (Å²) in [7, 11) is 0. The summed E-state index contributed by atoms with van der Waals surface area (Å²) in [5.74, 6) is 0.411. The summed E-state index contributed by atoms with van der Waals surface area (Å²) in [6.07, 6.45) is 0.277. The Morgan fingerprint density at radius 2 is 2.11 bits per heavy atom. The van der Waals surface area contributed by atoms with Crippen molar-refractivity contribution >= 4 is 28.9 Å². The minimum atomic E-state index is -0.525. The molecule has 0 aliphatic carbocycles. The molecule has 0 aliphatic heterocycles. The molecule has 9 heteroatoms. The summed E-state index contributed by atoms with van der Waals surface area (Å²) >= 11 is 1.53. The molecule has 3 rings (SSSR count). The van der Waals surface area contributed by atoms with Crippen LogP contribution in [0, 0.1) is 0 Å². The lowest BCUT2D eigenvalue weighted by Crippen LogP contribution is -2.21. The van der Waals surface area contributed by atoms with E-state index >= 15 is 0 Å². The Labute approximate surface area is 165 Å². The molecule has 3 aromatic rings. The Kier molecular flexibility index (Phi) is 6.74. The van der Waals surface area contributed by atoms with Crippen molar-refractivity contribution in [2.45, 2.75) is 19.8 Å². The van der Waals surface area contributed by atoms with Crippen LogP contribution in [0.15, 0.2) is 45.6 Å². The van der Waals surface area contributed by atoms with Crippen LogP contribution in [0.3, 0.4) is 0 Å². The molecule has 1 amide bonds. The molecule has 0 radical (unpaired) electrons. The highest BCUT2D eigenvalue weighted by molar-refractivity contribution is 7.08. The maximum atomic E-state index is 12.0. The van der Waals surface area contributed by atoms with Crippen molar-refractivity contribution in [1.82, 2.24) is 10.1 Å². The summed E-state index contributed by atoms with van der Waals surface area (Å²) in [6, 6.07) is 8.93. The molecule has 146 valence electrons. The molecule has 0 spiro atoms. The fourth-order valence-electron chi connectivity index (χ4n) is 2.33. The van der Waals surface area contributed by atoms with Crippen molar-refractivity contribution in [3.63, 3.8) is 0 Å². The molecule has 0 atom stereocenters. The number of carbonyl (C=O) groups excluding carboxylic acids is 2. The number of hydrogen-bond acceptors (Lipinski definition) is 8. The fourth-order valence-corrected chi connectivity index (χ4v) is 2.96. The number of hydrogen-bond donors (Lipinski definition) is 1. The van der Waals surface area contributed by atoms with Crippen LogP contribution in [-0.4, -0.2) is 35.2 Å². The van der Waals surface area contributed by atoms with E-state index in [0.29, 0.717) is 29.8 Å². The average molecular weight is 401 g/mol. The Hall–Kier alpha value is -3.20. The van der Waals surface area contributed by atoms with Gasteiger partial charge >= 0.3 is 5.97 Å². The van der Waals surface area contributed by atoms with Crippen molar-refractivity contribution in [3.05, 3.63) is 47.0 Å². The summed E-state index contributed by atoms with van der Waals surface area (Å²) in [4.78, 5) is 28.1. The van der Waals surface area contributed by atoms with Crippen molar-refractivity contribution in [3.8, 4) is 17.1 Å². The highest BCUT2D eigenvalue weighted by Gasteiger charge is 2.13. The molecule has 0 fully saturated rings. The highest BCUT2D eigenvalue weighted by atomic mass is 32.1. The van der Waals surface area contributed by atoms with Gasteiger partial charge < -0.3 is 19.3 Å². The van der Waals surface area contributed by atoms with Crippen LogP contribution in [0.2, 0.25) is 0 Å². The number of aromatic nitrogens is 2. The Balaban J connectivity index is 1.42. The molecule has 1 N–H and O–H groups in total. The van der Waals surface area contributed by atoms with Gasteiger partial charge in [-0.3, -0.25) is 9.59 Å². The first-order chi connectivity index (χ1) is 13.7. The van der Waals surface area contributed by atoms with E-state index < -0.39 is 11.9 Å². The van der Waals surface area contributed by atoms with Gasteiger partial charge in [-0.2, -0.15) is 16.3 Å².